The van der Waals surface area contributed by atoms with E-state index in [1.165, 1.54) is 0 Å². The summed E-state index contributed by atoms with van der Waals surface area (Å²) in [7, 11) is 3.81. The van der Waals surface area contributed by atoms with Gasteiger partial charge in [0.25, 0.3) is 0 Å². The molecule has 0 radical (unpaired) electrons. The summed E-state index contributed by atoms with van der Waals surface area (Å²) < 4.78 is 5.14. The van der Waals surface area contributed by atoms with E-state index < -0.39 is 5.97 Å². The van der Waals surface area contributed by atoms with Crippen LogP contribution in [0.15, 0.2) is 48.5 Å². The Balaban J connectivity index is 1.75. The number of urea groups is 1. The number of anilines is 2. The lowest BCUT2D eigenvalue weighted by Crippen LogP contribution is -2.40. The number of hydrogen-bond donors (Lipinski definition) is 1. The second-order valence-corrected chi connectivity index (χ2v) is 6.78. The first-order valence-electron chi connectivity index (χ1n) is 9.10. The Hall–Kier alpha value is -2.86. The molecule has 0 saturated carbocycles. The summed E-state index contributed by atoms with van der Waals surface area (Å²) in [6.07, 6.45) is 1.73. The van der Waals surface area contributed by atoms with Gasteiger partial charge < -0.3 is 15.0 Å². The number of rotatable bonds is 5. The molecule has 1 aliphatic heterocycles. The normalized spacial score (nSPS) is 12.8. The lowest BCUT2D eigenvalue weighted by Gasteiger charge is -2.25. The number of ether oxygens (including phenoxy) is 1. The van der Waals surface area contributed by atoms with Crippen molar-refractivity contribution in [2.24, 2.45) is 0 Å². The van der Waals surface area contributed by atoms with Gasteiger partial charge in [0.1, 0.15) is 13.2 Å². The molecule has 6 nitrogen and oxygen atoms in total. The maximum absolute atomic E-state index is 13.0. The van der Waals surface area contributed by atoms with Crippen LogP contribution in [0.5, 0.6) is 0 Å². The number of carbonyl (C=O) groups is 2. The number of esters is 1. The average molecular weight is 367 g/mol. The van der Waals surface area contributed by atoms with Gasteiger partial charge in [-0.1, -0.05) is 36.4 Å². The van der Waals surface area contributed by atoms with Crippen molar-refractivity contribution in [3.05, 3.63) is 59.7 Å². The zero-order valence-corrected chi connectivity index (χ0v) is 15.8. The van der Waals surface area contributed by atoms with E-state index in [0.717, 1.165) is 35.3 Å². The van der Waals surface area contributed by atoms with Gasteiger partial charge in [-0.3, -0.25) is 9.69 Å². The van der Waals surface area contributed by atoms with Crippen LogP contribution >= 0.6 is 0 Å². The van der Waals surface area contributed by atoms with Gasteiger partial charge in [0.05, 0.1) is 11.4 Å². The summed E-state index contributed by atoms with van der Waals surface area (Å²) in [5, 5.41) is 2.70. The first kappa shape index (κ1) is 18.9. The molecular formula is C21H25N3O3. The quantitative estimate of drug-likeness (QED) is 0.826. The first-order valence-corrected chi connectivity index (χ1v) is 9.10. The summed E-state index contributed by atoms with van der Waals surface area (Å²) in [5.41, 5.74) is 3.91. The molecule has 1 heterocycles. The van der Waals surface area contributed by atoms with Crippen molar-refractivity contribution in [3.8, 4) is 0 Å². The number of nitrogens with one attached hydrogen (secondary N) is 1. The molecule has 0 aliphatic carbocycles. The fourth-order valence-electron chi connectivity index (χ4n) is 3.12. The predicted octanol–water partition coefficient (Wildman–Crippen LogP) is 2.74. The van der Waals surface area contributed by atoms with Gasteiger partial charge in [0.15, 0.2) is 0 Å². The van der Waals surface area contributed by atoms with E-state index in [2.05, 4.69) is 5.32 Å². The minimum atomic E-state index is -0.443. The van der Waals surface area contributed by atoms with E-state index in [-0.39, 0.29) is 12.6 Å². The number of fused-ring (bicyclic) bond motifs is 2. The van der Waals surface area contributed by atoms with E-state index in [0.29, 0.717) is 13.2 Å². The lowest BCUT2D eigenvalue weighted by atomic mass is 10.0. The standard InChI is InChI=1S/C21H25N3O3/c1-23(2)13-14-27-20(25)15-22-21(26)24-18-9-5-3-7-16(18)11-12-17-8-4-6-10-19(17)24/h3-10H,11-15H2,1-2H3,(H,22,26). The highest BCUT2D eigenvalue weighted by molar-refractivity contribution is 6.02. The molecule has 1 aliphatic rings. The fourth-order valence-corrected chi connectivity index (χ4v) is 3.12. The van der Waals surface area contributed by atoms with Crippen LogP contribution in [0.4, 0.5) is 16.2 Å². The van der Waals surface area contributed by atoms with Gasteiger partial charge in [0, 0.05) is 6.54 Å². The minimum absolute atomic E-state index is 0.160. The number of nitrogens with zero attached hydrogens (tertiary/aromatic N) is 2. The van der Waals surface area contributed by atoms with Gasteiger partial charge >= 0.3 is 12.0 Å². The van der Waals surface area contributed by atoms with E-state index in [1.54, 1.807) is 4.90 Å². The van der Waals surface area contributed by atoms with Crippen molar-refractivity contribution in [1.29, 1.82) is 0 Å². The number of carbonyl (C=O) groups excluding carboxylic acids is 2. The Kier molecular flexibility index (Phi) is 6.08. The second kappa shape index (κ2) is 8.68. The molecule has 1 N–H and O–H groups in total. The zero-order chi connectivity index (χ0) is 19.2. The largest absolute Gasteiger partial charge is 0.463 e. The van der Waals surface area contributed by atoms with E-state index in [9.17, 15) is 9.59 Å². The molecule has 27 heavy (non-hydrogen) atoms. The van der Waals surface area contributed by atoms with Crippen LogP contribution < -0.4 is 10.2 Å². The van der Waals surface area contributed by atoms with Crippen LogP contribution in [-0.2, 0) is 22.4 Å². The fraction of sp³-hybridized carbons (Fsp3) is 0.333. The van der Waals surface area contributed by atoms with Crippen LogP contribution in [0, 0.1) is 0 Å². The third-order valence-electron chi connectivity index (χ3n) is 4.52. The number of hydrogen-bond acceptors (Lipinski definition) is 4. The van der Waals surface area contributed by atoms with Crippen LogP contribution in [0.2, 0.25) is 0 Å². The van der Waals surface area contributed by atoms with Crippen molar-refractivity contribution < 1.29 is 14.3 Å². The van der Waals surface area contributed by atoms with Crippen molar-refractivity contribution in [2.45, 2.75) is 12.8 Å². The topological polar surface area (TPSA) is 61.9 Å². The maximum Gasteiger partial charge on any atom is 0.327 e. The number of para-hydroxylation sites is 2. The van der Waals surface area contributed by atoms with Crippen molar-refractivity contribution in [2.75, 3.05) is 38.7 Å². The number of amides is 2. The van der Waals surface area contributed by atoms with Gasteiger partial charge in [-0.25, -0.2) is 4.79 Å². The van der Waals surface area contributed by atoms with Crippen LogP contribution in [-0.4, -0.2) is 50.7 Å². The monoisotopic (exact) mass is 367 g/mol. The highest BCUT2D eigenvalue weighted by Gasteiger charge is 2.25. The zero-order valence-electron chi connectivity index (χ0n) is 15.8. The molecule has 2 aromatic rings. The summed E-state index contributed by atoms with van der Waals surface area (Å²) in [6.45, 7) is 0.788. The highest BCUT2D eigenvalue weighted by Crippen LogP contribution is 2.35. The lowest BCUT2D eigenvalue weighted by molar-refractivity contribution is -0.142. The predicted molar refractivity (Wildman–Crippen MR) is 105 cm³/mol. The Morgan fingerprint density at radius 3 is 2.11 bits per heavy atom. The molecule has 0 fully saturated rings. The molecule has 3 rings (SSSR count). The summed E-state index contributed by atoms with van der Waals surface area (Å²) in [6, 6.07) is 15.4. The molecule has 2 aromatic carbocycles. The summed E-state index contributed by atoms with van der Waals surface area (Å²) >= 11 is 0. The highest BCUT2D eigenvalue weighted by atomic mass is 16.5. The Morgan fingerprint density at radius 2 is 1.56 bits per heavy atom. The number of benzene rings is 2. The first-order chi connectivity index (χ1) is 13.1. The summed E-state index contributed by atoms with van der Waals surface area (Å²) in [5.74, 6) is -0.443. The van der Waals surface area contributed by atoms with Gasteiger partial charge in [-0.15, -0.1) is 0 Å². The van der Waals surface area contributed by atoms with Gasteiger partial charge in [-0.2, -0.15) is 0 Å². The van der Waals surface area contributed by atoms with Crippen molar-refractivity contribution in [1.82, 2.24) is 10.2 Å². The molecule has 0 spiro atoms. The smallest absolute Gasteiger partial charge is 0.327 e. The third-order valence-corrected chi connectivity index (χ3v) is 4.52. The molecule has 0 bridgehead atoms. The molecule has 0 atom stereocenters. The molecule has 2 amide bonds. The van der Waals surface area contributed by atoms with E-state index >= 15 is 0 Å². The summed E-state index contributed by atoms with van der Waals surface area (Å²) in [4.78, 5) is 28.4. The SMILES string of the molecule is CN(C)CCOC(=O)CNC(=O)N1c2ccccc2CCc2ccccc21. The van der Waals surface area contributed by atoms with Gasteiger partial charge in [-0.05, 0) is 50.2 Å². The van der Waals surface area contributed by atoms with Crippen LogP contribution in [0.1, 0.15) is 11.1 Å². The number of likely N-dealkylation sites (N-methyl/N-ethyl adjacent to an activating group) is 1. The Bertz CT molecular complexity index is 772. The Labute approximate surface area is 159 Å². The van der Waals surface area contributed by atoms with E-state index in [1.807, 2.05) is 67.5 Å². The molecule has 0 saturated heterocycles. The van der Waals surface area contributed by atoms with Crippen molar-refractivity contribution in [3.63, 3.8) is 0 Å². The minimum Gasteiger partial charge on any atom is -0.463 e. The average Bonchev–Trinajstić information content (AvgIpc) is 2.83. The van der Waals surface area contributed by atoms with E-state index in [4.69, 9.17) is 4.74 Å². The molecular weight excluding hydrogens is 342 g/mol. The second-order valence-electron chi connectivity index (χ2n) is 6.78. The van der Waals surface area contributed by atoms with Crippen molar-refractivity contribution >= 4 is 23.4 Å². The molecule has 0 aromatic heterocycles. The van der Waals surface area contributed by atoms with Gasteiger partial charge in [0.2, 0.25) is 0 Å². The van der Waals surface area contributed by atoms with Crippen LogP contribution in [0.3, 0.4) is 0 Å². The molecule has 0 unspecified atom stereocenters. The molecule has 142 valence electrons. The Morgan fingerprint density at radius 1 is 1.00 bits per heavy atom. The van der Waals surface area contributed by atoms with Crippen LogP contribution in [0.25, 0.3) is 0 Å². The third kappa shape index (κ3) is 4.65. The molecule has 6 heteroatoms. The maximum atomic E-state index is 13.0. The number of aryl methyl sites for hydroxylation is 2.